The number of carbonyl (C=O) groups is 3. The van der Waals surface area contributed by atoms with E-state index < -0.39 is 11.6 Å². The van der Waals surface area contributed by atoms with Crippen molar-refractivity contribution < 1.29 is 18.8 Å². The molecule has 2 aromatic carbocycles. The summed E-state index contributed by atoms with van der Waals surface area (Å²) in [6.07, 6.45) is 3.76. The van der Waals surface area contributed by atoms with Crippen LogP contribution >= 0.6 is 0 Å². The largest absolute Gasteiger partial charge is 0.334 e. The number of nitrogens with one attached hydrogen (secondary N) is 1. The smallest absolute Gasteiger partial charge is 0.255 e. The Hall–Kier alpha value is -4.40. The van der Waals surface area contributed by atoms with Crippen LogP contribution in [0.15, 0.2) is 61.1 Å². The Morgan fingerprint density at radius 3 is 2.65 bits per heavy atom. The molecular formula is C25H20FN5O3. The fourth-order valence-corrected chi connectivity index (χ4v) is 4.07. The predicted molar refractivity (Wildman–Crippen MR) is 122 cm³/mol. The fourth-order valence-electron chi connectivity index (χ4n) is 4.07. The number of carbonyl (C=O) groups excluding carboxylic acids is 3. The number of Topliss-reactive ketones (excluding diaryl/α,β-unsaturated/α-hetero) is 1. The molecule has 34 heavy (non-hydrogen) atoms. The van der Waals surface area contributed by atoms with E-state index in [1.54, 1.807) is 39.9 Å². The third kappa shape index (κ3) is 4.03. The molecule has 9 heteroatoms. The van der Waals surface area contributed by atoms with E-state index in [9.17, 15) is 18.8 Å². The Kier molecular flexibility index (Phi) is 5.37. The van der Waals surface area contributed by atoms with E-state index >= 15 is 0 Å². The summed E-state index contributed by atoms with van der Waals surface area (Å²) in [4.78, 5) is 43.3. The minimum Gasteiger partial charge on any atom is -0.334 e. The molecule has 3 heterocycles. The van der Waals surface area contributed by atoms with Crippen LogP contribution in [0.2, 0.25) is 0 Å². The van der Waals surface area contributed by atoms with Gasteiger partial charge in [0.2, 0.25) is 0 Å². The molecule has 0 atom stereocenters. The maximum absolute atomic E-state index is 13.8. The molecule has 1 aliphatic heterocycles. The molecule has 0 fully saturated rings. The lowest BCUT2D eigenvalue weighted by Crippen LogP contribution is -2.36. The van der Waals surface area contributed by atoms with Crippen LogP contribution in [0, 0.1) is 5.82 Å². The molecular weight excluding hydrogens is 437 g/mol. The molecule has 0 saturated heterocycles. The minimum absolute atomic E-state index is 0.0820. The van der Waals surface area contributed by atoms with Gasteiger partial charge in [-0.05, 0) is 66.9 Å². The highest BCUT2D eigenvalue weighted by Crippen LogP contribution is 2.23. The van der Waals surface area contributed by atoms with Gasteiger partial charge in [-0.3, -0.25) is 14.4 Å². The van der Waals surface area contributed by atoms with Crippen LogP contribution in [0.25, 0.3) is 5.65 Å². The van der Waals surface area contributed by atoms with Crippen LogP contribution in [0.1, 0.15) is 49.1 Å². The summed E-state index contributed by atoms with van der Waals surface area (Å²) in [7, 11) is 0. The van der Waals surface area contributed by atoms with E-state index in [1.807, 2.05) is 6.07 Å². The van der Waals surface area contributed by atoms with Crippen molar-refractivity contribution in [2.24, 2.45) is 0 Å². The molecule has 8 nitrogen and oxygen atoms in total. The van der Waals surface area contributed by atoms with E-state index in [1.165, 1.54) is 25.4 Å². The number of hydrogen-bond acceptors (Lipinski definition) is 5. The molecule has 4 aromatic rings. The quantitative estimate of drug-likeness (QED) is 0.473. The van der Waals surface area contributed by atoms with Gasteiger partial charge in [-0.2, -0.15) is 5.10 Å². The lowest BCUT2D eigenvalue weighted by atomic mass is 9.96. The second-order valence-electron chi connectivity index (χ2n) is 8.15. The third-order valence-corrected chi connectivity index (χ3v) is 5.89. The van der Waals surface area contributed by atoms with Crippen LogP contribution in [0.3, 0.4) is 0 Å². The van der Waals surface area contributed by atoms with Gasteiger partial charge in [0.25, 0.3) is 11.8 Å². The van der Waals surface area contributed by atoms with Crippen molar-refractivity contribution in [2.45, 2.75) is 19.9 Å². The molecule has 0 unspecified atom stereocenters. The Labute approximate surface area is 194 Å². The van der Waals surface area contributed by atoms with E-state index in [0.29, 0.717) is 42.0 Å². The van der Waals surface area contributed by atoms with Crippen molar-refractivity contribution in [3.8, 4) is 0 Å². The first-order valence-electron chi connectivity index (χ1n) is 10.7. The number of nitrogens with zero attached hydrogens (tertiary/aromatic N) is 4. The average Bonchev–Trinajstić information content (AvgIpc) is 3.32. The molecule has 5 rings (SSSR count). The summed E-state index contributed by atoms with van der Waals surface area (Å²) in [5, 5.41) is 6.79. The molecule has 0 spiro atoms. The highest BCUT2D eigenvalue weighted by molar-refractivity contribution is 6.05. The summed E-state index contributed by atoms with van der Waals surface area (Å²) < 4.78 is 15.3. The van der Waals surface area contributed by atoms with Gasteiger partial charge < -0.3 is 10.2 Å². The zero-order valence-corrected chi connectivity index (χ0v) is 18.3. The summed E-state index contributed by atoms with van der Waals surface area (Å²) >= 11 is 0. The van der Waals surface area contributed by atoms with E-state index in [2.05, 4.69) is 15.4 Å². The Bertz CT molecular complexity index is 1460. The van der Waals surface area contributed by atoms with Crippen LogP contribution in [-0.2, 0) is 13.0 Å². The van der Waals surface area contributed by atoms with E-state index in [4.69, 9.17) is 0 Å². The van der Waals surface area contributed by atoms with Gasteiger partial charge in [-0.1, -0.05) is 6.07 Å². The van der Waals surface area contributed by atoms with Gasteiger partial charge in [0.15, 0.2) is 11.4 Å². The lowest BCUT2D eigenvalue weighted by Gasteiger charge is -2.29. The highest BCUT2D eigenvalue weighted by Gasteiger charge is 2.23. The number of benzene rings is 2. The number of ketones is 1. The van der Waals surface area contributed by atoms with Gasteiger partial charge in [0.05, 0.1) is 11.1 Å². The predicted octanol–water partition coefficient (Wildman–Crippen LogP) is 3.52. The Morgan fingerprint density at radius 2 is 1.82 bits per heavy atom. The van der Waals surface area contributed by atoms with Crippen LogP contribution < -0.4 is 5.32 Å². The average molecular weight is 457 g/mol. The second-order valence-corrected chi connectivity index (χ2v) is 8.15. The van der Waals surface area contributed by atoms with Crippen molar-refractivity contribution in [3.05, 3.63) is 94.7 Å². The molecule has 2 aromatic heterocycles. The van der Waals surface area contributed by atoms with Gasteiger partial charge in [-0.15, -0.1) is 0 Å². The maximum atomic E-state index is 13.8. The van der Waals surface area contributed by atoms with Gasteiger partial charge >= 0.3 is 0 Å². The summed E-state index contributed by atoms with van der Waals surface area (Å²) in [5.41, 5.74) is 3.79. The number of anilines is 1. The van der Waals surface area contributed by atoms with Crippen molar-refractivity contribution in [2.75, 3.05) is 11.9 Å². The first-order chi connectivity index (χ1) is 16.4. The summed E-state index contributed by atoms with van der Waals surface area (Å²) in [6.45, 7) is 2.20. The molecule has 0 saturated carbocycles. The number of amides is 2. The monoisotopic (exact) mass is 457 g/mol. The zero-order chi connectivity index (χ0) is 23.8. The number of rotatable bonds is 4. The summed E-state index contributed by atoms with van der Waals surface area (Å²) in [5.74, 6) is -1.56. The molecule has 0 aliphatic carbocycles. The lowest BCUT2D eigenvalue weighted by molar-refractivity contribution is 0.0734. The SMILES string of the molecule is CC(=O)c1cc(NC(=O)c2ccc3c(c2)CN(C(=O)c2ccc4ncnn4c2)CC3)ccc1F. The van der Waals surface area contributed by atoms with Gasteiger partial charge in [-0.25, -0.2) is 13.9 Å². The number of pyridine rings is 1. The van der Waals surface area contributed by atoms with E-state index in [0.717, 1.165) is 17.2 Å². The molecule has 1 N–H and O–H groups in total. The third-order valence-electron chi connectivity index (χ3n) is 5.89. The standard InChI is InChI=1S/C25H20FN5O3/c1-15(32)21-11-20(5-6-22(21)26)29-24(33)17-3-2-16-8-9-30(12-19(16)10-17)25(34)18-4-7-23-27-14-28-31(23)13-18/h2-7,10-11,13-14H,8-9,12H2,1H3,(H,29,33). The summed E-state index contributed by atoms with van der Waals surface area (Å²) in [6, 6.07) is 12.7. The molecule has 2 amide bonds. The molecule has 0 radical (unpaired) electrons. The van der Waals surface area contributed by atoms with Crippen LogP contribution in [0.5, 0.6) is 0 Å². The fraction of sp³-hybridized carbons (Fsp3) is 0.160. The Balaban J connectivity index is 1.34. The molecule has 1 aliphatic rings. The van der Waals surface area contributed by atoms with Crippen molar-refractivity contribution in [1.82, 2.24) is 19.5 Å². The number of halogens is 1. The van der Waals surface area contributed by atoms with Crippen LogP contribution in [0.4, 0.5) is 10.1 Å². The minimum atomic E-state index is -0.632. The van der Waals surface area contributed by atoms with E-state index in [-0.39, 0.29) is 17.4 Å². The molecule has 0 bridgehead atoms. The zero-order valence-electron chi connectivity index (χ0n) is 18.3. The number of fused-ring (bicyclic) bond motifs is 2. The maximum Gasteiger partial charge on any atom is 0.255 e. The van der Waals surface area contributed by atoms with Crippen molar-refractivity contribution >= 4 is 28.9 Å². The number of aromatic nitrogens is 3. The van der Waals surface area contributed by atoms with Crippen molar-refractivity contribution in [3.63, 3.8) is 0 Å². The first kappa shape index (κ1) is 21.4. The first-order valence-corrected chi connectivity index (χ1v) is 10.7. The van der Waals surface area contributed by atoms with Gasteiger partial charge in [0.1, 0.15) is 12.1 Å². The van der Waals surface area contributed by atoms with Gasteiger partial charge in [0, 0.05) is 30.5 Å². The second kappa shape index (κ2) is 8.51. The van der Waals surface area contributed by atoms with Crippen LogP contribution in [-0.4, -0.2) is 43.6 Å². The Morgan fingerprint density at radius 1 is 1.00 bits per heavy atom. The normalized spacial score (nSPS) is 12.9. The van der Waals surface area contributed by atoms with Crippen molar-refractivity contribution in [1.29, 1.82) is 0 Å². The molecule has 170 valence electrons. The topological polar surface area (TPSA) is 96.7 Å². The number of hydrogen-bond donors (Lipinski definition) is 1. The highest BCUT2D eigenvalue weighted by atomic mass is 19.1.